The molecule has 1 aromatic heterocycles. The van der Waals surface area contributed by atoms with Gasteiger partial charge in [-0.1, -0.05) is 23.7 Å². The summed E-state index contributed by atoms with van der Waals surface area (Å²) < 4.78 is 12.9. The Bertz CT molecular complexity index is 935. The summed E-state index contributed by atoms with van der Waals surface area (Å²) in [7, 11) is 0. The monoisotopic (exact) mass is 330 g/mol. The second-order valence-corrected chi connectivity index (χ2v) is 5.48. The van der Waals surface area contributed by atoms with E-state index in [4.69, 9.17) is 11.6 Å². The highest BCUT2D eigenvalue weighted by Crippen LogP contribution is 2.26. The highest BCUT2D eigenvalue weighted by atomic mass is 35.5. The minimum Gasteiger partial charge on any atom is -0.329 e. The zero-order valence-electron chi connectivity index (χ0n) is 11.9. The first-order chi connectivity index (χ1) is 11.0. The van der Waals surface area contributed by atoms with Crippen LogP contribution in [-0.4, -0.2) is 10.9 Å². The number of fused-ring (bicyclic) bond motifs is 1. The van der Waals surface area contributed by atoms with E-state index in [0.717, 1.165) is 0 Å². The number of nitrogens with one attached hydrogen (secondary N) is 2. The second-order valence-electron chi connectivity index (χ2n) is 5.08. The van der Waals surface area contributed by atoms with Gasteiger partial charge in [-0.2, -0.15) is 0 Å². The van der Waals surface area contributed by atoms with Gasteiger partial charge in [0.25, 0.3) is 5.56 Å². The normalized spacial score (nSPS) is 10.7. The van der Waals surface area contributed by atoms with Crippen molar-refractivity contribution in [3.63, 3.8) is 0 Å². The van der Waals surface area contributed by atoms with E-state index in [-0.39, 0.29) is 28.7 Å². The number of aromatic amines is 1. The van der Waals surface area contributed by atoms with E-state index < -0.39 is 0 Å². The summed E-state index contributed by atoms with van der Waals surface area (Å²) in [5.74, 6) is -0.625. The maximum atomic E-state index is 12.9. The third kappa shape index (κ3) is 3.40. The van der Waals surface area contributed by atoms with Crippen molar-refractivity contribution in [2.24, 2.45) is 0 Å². The molecule has 3 aromatic rings. The average molecular weight is 331 g/mol. The average Bonchev–Trinajstić information content (AvgIpc) is 2.51. The van der Waals surface area contributed by atoms with E-state index in [1.54, 1.807) is 24.3 Å². The molecule has 0 saturated heterocycles. The van der Waals surface area contributed by atoms with Gasteiger partial charge in [-0.3, -0.25) is 9.59 Å². The molecule has 0 fully saturated rings. The number of benzene rings is 2. The molecule has 0 radical (unpaired) electrons. The minimum absolute atomic E-state index is 0.101. The Morgan fingerprint density at radius 1 is 1.17 bits per heavy atom. The van der Waals surface area contributed by atoms with Crippen molar-refractivity contribution >= 4 is 34.0 Å². The number of hydrogen-bond acceptors (Lipinski definition) is 2. The number of carbonyl (C=O) groups is 1. The van der Waals surface area contributed by atoms with E-state index in [9.17, 15) is 14.0 Å². The van der Waals surface area contributed by atoms with Crippen molar-refractivity contribution < 1.29 is 9.18 Å². The van der Waals surface area contributed by atoms with E-state index in [1.807, 2.05) is 0 Å². The second kappa shape index (κ2) is 6.22. The van der Waals surface area contributed by atoms with Crippen LogP contribution in [0.15, 0.2) is 53.5 Å². The van der Waals surface area contributed by atoms with E-state index in [0.29, 0.717) is 22.0 Å². The standard InChI is InChI=1S/C17H12ClFN2O2/c18-14-9-13-11(5-6-20-17(13)23)8-15(14)21-16(22)7-10-1-3-12(19)4-2-10/h1-6,8-9H,7H2,(H,20,23)(H,21,22). The highest BCUT2D eigenvalue weighted by molar-refractivity contribution is 6.34. The Morgan fingerprint density at radius 3 is 2.65 bits per heavy atom. The summed E-state index contributed by atoms with van der Waals surface area (Å²) in [4.78, 5) is 26.4. The summed E-state index contributed by atoms with van der Waals surface area (Å²) >= 11 is 6.13. The van der Waals surface area contributed by atoms with Gasteiger partial charge < -0.3 is 10.3 Å². The van der Waals surface area contributed by atoms with Crippen molar-refractivity contribution in [3.05, 3.63) is 75.4 Å². The molecule has 0 aliphatic heterocycles. The molecule has 0 aliphatic rings. The minimum atomic E-state index is -0.350. The van der Waals surface area contributed by atoms with Gasteiger partial charge in [-0.25, -0.2) is 4.39 Å². The smallest absolute Gasteiger partial charge is 0.255 e. The molecule has 0 saturated carbocycles. The Kier molecular flexibility index (Phi) is 4.12. The van der Waals surface area contributed by atoms with E-state index in [2.05, 4.69) is 10.3 Å². The van der Waals surface area contributed by atoms with Gasteiger partial charge in [0.15, 0.2) is 0 Å². The molecule has 2 aromatic carbocycles. The third-order valence-electron chi connectivity index (χ3n) is 3.41. The number of anilines is 1. The van der Waals surface area contributed by atoms with Crippen molar-refractivity contribution in [2.75, 3.05) is 5.32 Å². The van der Waals surface area contributed by atoms with Gasteiger partial charge in [-0.15, -0.1) is 0 Å². The van der Waals surface area contributed by atoms with Crippen LogP contribution in [-0.2, 0) is 11.2 Å². The summed E-state index contributed by atoms with van der Waals surface area (Å²) in [5, 5.41) is 4.12. The van der Waals surface area contributed by atoms with Crippen LogP contribution in [0.4, 0.5) is 10.1 Å². The van der Waals surface area contributed by atoms with Crippen molar-refractivity contribution in [2.45, 2.75) is 6.42 Å². The largest absolute Gasteiger partial charge is 0.329 e. The maximum absolute atomic E-state index is 12.9. The van der Waals surface area contributed by atoms with Crippen LogP contribution in [0.2, 0.25) is 5.02 Å². The number of amides is 1. The summed E-state index contributed by atoms with van der Waals surface area (Å²) in [6, 6.07) is 10.6. The van der Waals surface area contributed by atoms with Crippen LogP contribution in [0.1, 0.15) is 5.56 Å². The SMILES string of the molecule is O=C(Cc1ccc(F)cc1)Nc1cc2cc[nH]c(=O)c2cc1Cl. The fraction of sp³-hybridized carbons (Fsp3) is 0.0588. The zero-order chi connectivity index (χ0) is 16.4. The van der Waals surface area contributed by atoms with Crippen LogP contribution < -0.4 is 10.9 Å². The van der Waals surface area contributed by atoms with Crippen LogP contribution in [0.25, 0.3) is 10.8 Å². The summed E-state index contributed by atoms with van der Waals surface area (Å²) in [6.45, 7) is 0. The van der Waals surface area contributed by atoms with Gasteiger partial charge in [0, 0.05) is 11.6 Å². The molecule has 1 heterocycles. The molecule has 0 spiro atoms. The fourth-order valence-corrected chi connectivity index (χ4v) is 2.50. The maximum Gasteiger partial charge on any atom is 0.255 e. The Hall–Kier alpha value is -2.66. The van der Waals surface area contributed by atoms with Crippen LogP contribution in [0.3, 0.4) is 0 Å². The number of carbonyl (C=O) groups excluding carboxylic acids is 1. The highest BCUT2D eigenvalue weighted by Gasteiger charge is 2.10. The van der Waals surface area contributed by atoms with Crippen molar-refractivity contribution in [3.8, 4) is 0 Å². The predicted molar refractivity (Wildman–Crippen MR) is 88.3 cm³/mol. The topological polar surface area (TPSA) is 62.0 Å². The van der Waals surface area contributed by atoms with Crippen molar-refractivity contribution in [1.29, 1.82) is 0 Å². The lowest BCUT2D eigenvalue weighted by atomic mass is 10.1. The molecule has 1 amide bonds. The number of halogens is 2. The number of pyridine rings is 1. The first kappa shape index (κ1) is 15.2. The van der Waals surface area contributed by atoms with Crippen molar-refractivity contribution in [1.82, 2.24) is 4.98 Å². The van der Waals surface area contributed by atoms with Crippen LogP contribution >= 0.6 is 11.6 Å². The summed E-state index contributed by atoms with van der Waals surface area (Å²) in [5.41, 5.74) is 0.878. The molecule has 4 nitrogen and oxygen atoms in total. The number of rotatable bonds is 3. The Balaban J connectivity index is 1.83. The lowest BCUT2D eigenvalue weighted by molar-refractivity contribution is -0.115. The fourth-order valence-electron chi connectivity index (χ4n) is 2.29. The molecule has 0 bridgehead atoms. The number of H-pyrrole nitrogens is 1. The van der Waals surface area contributed by atoms with Crippen LogP contribution in [0.5, 0.6) is 0 Å². The van der Waals surface area contributed by atoms with E-state index >= 15 is 0 Å². The molecule has 116 valence electrons. The lowest BCUT2D eigenvalue weighted by Gasteiger charge is -2.09. The lowest BCUT2D eigenvalue weighted by Crippen LogP contribution is -2.15. The first-order valence-electron chi connectivity index (χ1n) is 6.88. The van der Waals surface area contributed by atoms with Crippen LogP contribution in [0, 0.1) is 5.82 Å². The molecular formula is C17H12ClFN2O2. The molecule has 3 rings (SSSR count). The van der Waals surface area contributed by atoms with Gasteiger partial charge in [0.2, 0.25) is 5.91 Å². The molecule has 6 heteroatoms. The van der Waals surface area contributed by atoms with Gasteiger partial charge in [0.1, 0.15) is 5.82 Å². The summed E-state index contributed by atoms with van der Waals surface area (Å²) in [6.07, 6.45) is 1.63. The quantitative estimate of drug-likeness (QED) is 0.772. The van der Waals surface area contributed by atoms with E-state index in [1.165, 1.54) is 24.4 Å². The predicted octanol–water partition coefficient (Wildman–Crippen LogP) is 3.50. The van der Waals surface area contributed by atoms with Gasteiger partial charge in [0.05, 0.1) is 17.1 Å². The third-order valence-corrected chi connectivity index (χ3v) is 3.73. The first-order valence-corrected chi connectivity index (χ1v) is 7.26. The number of aromatic nitrogens is 1. The molecule has 2 N–H and O–H groups in total. The number of hydrogen-bond donors (Lipinski definition) is 2. The Morgan fingerprint density at radius 2 is 1.91 bits per heavy atom. The van der Waals surface area contributed by atoms with Gasteiger partial charge >= 0.3 is 0 Å². The van der Waals surface area contributed by atoms with Gasteiger partial charge in [-0.05, 0) is 41.3 Å². The molecule has 23 heavy (non-hydrogen) atoms. The molecule has 0 atom stereocenters. The molecule has 0 aliphatic carbocycles. The molecular weight excluding hydrogens is 319 g/mol. The molecule has 0 unspecified atom stereocenters. The zero-order valence-corrected chi connectivity index (χ0v) is 12.7. The Labute approximate surface area is 135 Å².